The Labute approximate surface area is 121 Å². The summed E-state index contributed by atoms with van der Waals surface area (Å²) in [5.74, 6) is -1.53. The largest absolute Gasteiger partial charge is 0.480 e. The van der Waals surface area contributed by atoms with Crippen molar-refractivity contribution in [1.82, 2.24) is 5.32 Å². The third-order valence-electron chi connectivity index (χ3n) is 3.15. The Morgan fingerprint density at radius 3 is 2.21 bits per heavy atom. The van der Waals surface area contributed by atoms with Crippen LogP contribution in [0.5, 0.6) is 0 Å². The Balaban J connectivity index is 3.00. The van der Waals surface area contributed by atoms with Gasteiger partial charge in [-0.25, -0.2) is 4.79 Å². The molecule has 4 nitrogen and oxygen atoms in total. The van der Waals surface area contributed by atoms with E-state index in [2.05, 4.69) is 5.32 Å². The molecular weight excluding hydrogens is 289 g/mol. The van der Waals surface area contributed by atoms with Gasteiger partial charge in [0.1, 0.15) is 5.54 Å². The molecule has 0 aromatic heterocycles. The molecule has 6 heteroatoms. The molecule has 0 atom stereocenters. The molecule has 1 aromatic rings. The molecular formula is C13H15Cl2NO3. The number of rotatable bonds is 5. The van der Waals surface area contributed by atoms with Gasteiger partial charge in [0.2, 0.25) is 0 Å². The number of carbonyl (C=O) groups is 2. The molecule has 0 heterocycles. The maximum absolute atomic E-state index is 12.1. The van der Waals surface area contributed by atoms with Gasteiger partial charge in [0.15, 0.2) is 0 Å². The van der Waals surface area contributed by atoms with Crippen LogP contribution in [0.1, 0.15) is 37.0 Å². The third kappa shape index (κ3) is 3.39. The molecule has 0 aliphatic heterocycles. The number of hydrogen-bond donors (Lipinski definition) is 2. The van der Waals surface area contributed by atoms with Gasteiger partial charge in [-0.2, -0.15) is 0 Å². The zero-order valence-corrected chi connectivity index (χ0v) is 12.2. The quantitative estimate of drug-likeness (QED) is 0.876. The van der Waals surface area contributed by atoms with Crippen molar-refractivity contribution in [2.45, 2.75) is 32.2 Å². The Morgan fingerprint density at radius 1 is 1.21 bits per heavy atom. The Kier molecular flexibility index (Phi) is 5.20. The Bertz CT molecular complexity index is 499. The standard InChI is InChI=1S/C13H15Cl2NO3/c1-3-13(4-2,12(18)19)16-11(17)8-5-6-9(14)10(15)7-8/h5-7H,3-4H2,1-2H3,(H,16,17)(H,18,19). The fourth-order valence-corrected chi connectivity index (χ4v) is 2.01. The highest BCUT2D eigenvalue weighted by Gasteiger charge is 2.36. The molecule has 0 unspecified atom stereocenters. The van der Waals surface area contributed by atoms with E-state index < -0.39 is 17.4 Å². The molecule has 0 spiro atoms. The number of carboxylic acids is 1. The van der Waals surface area contributed by atoms with Gasteiger partial charge in [0.05, 0.1) is 10.0 Å². The summed E-state index contributed by atoms with van der Waals surface area (Å²) in [6, 6.07) is 4.41. The van der Waals surface area contributed by atoms with Crippen LogP contribution in [-0.2, 0) is 4.79 Å². The summed E-state index contributed by atoms with van der Waals surface area (Å²) < 4.78 is 0. The lowest BCUT2D eigenvalue weighted by atomic mass is 9.92. The highest BCUT2D eigenvalue weighted by atomic mass is 35.5. The van der Waals surface area contributed by atoms with E-state index >= 15 is 0 Å². The van der Waals surface area contributed by atoms with Crippen LogP contribution >= 0.6 is 23.2 Å². The number of halogens is 2. The molecule has 0 saturated carbocycles. The lowest BCUT2D eigenvalue weighted by molar-refractivity contribution is -0.144. The van der Waals surface area contributed by atoms with Gasteiger partial charge in [0.25, 0.3) is 5.91 Å². The minimum atomic E-state index is -1.26. The molecule has 1 aromatic carbocycles. The lowest BCUT2D eigenvalue weighted by Gasteiger charge is -2.28. The zero-order chi connectivity index (χ0) is 14.6. The SMILES string of the molecule is CCC(CC)(NC(=O)c1ccc(Cl)c(Cl)c1)C(=O)O. The number of amides is 1. The summed E-state index contributed by atoms with van der Waals surface area (Å²) in [7, 11) is 0. The van der Waals surface area contributed by atoms with Crippen molar-refractivity contribution in [3.63, 3.8) is 0 Å². The van der Waals surface area contributed by atoms with Gasteiger partial charge in [-0.1, -0.05) is 37.0 Å². The van der Waals surface area contributed by atoms with Crippen molar-refractivity contribution < 1.29 is 14.7 Å². The normalized spacial score (nSPS) is 11.2. The third-order valence-corrected chi connectivity index (χ3v) is 3.89. The average Bonchev–Trinajstić information content (AvgIpc) is 2.38. The van der Waals surface area contributed by atoms with E-state index in [0.29, 0.717) is 17.9 Å². The maximum atomic E-state index is 12.1. The minimum Gasteiger partial charge on any atom is -0.480 e. The molecule has 2 N–H and O–H groups in total. The molecule has 0 aliphatic carbocycles. The average molecular weight is 304 g/mol. The van der Waals surface area contributed by atoms with Gasteiger partial charge in [0, 0.05) is 5.56 Å². The van der Waals surface area contributed by atoms with Crippen LogP contribution in [0.15, 0.2) is 18.2 Å². The monoisotopic (exact) mass is 303 g/mol. The van der Waals surface area contributed by atoms with E-state index in [1.165, 1.54) is 18.2 Å². The van der Waals surface area contributed by atoms with Crippen LogP contribution in [-0.4, -0.2) is 22.5 Å². The van der Waals surface area contributed by atoms with Crippen LogP contribution in [0, 0.1) is 0 Å². The summed E-state index contributed by atoms with van der Waals surface area (Å²) in [5.41, 5.74) is -0.981. The van der Waals surface area contributed by atoms with E-state index in [-0.39, 0.29) is 10.6 Å². The summed E-state index contributed by atoms with van der Waals surface area (Å²) in [5, 5.41) is 12.4. The number of carbonyl (C=O) groups excluding carboxylic acids is 1. The first-order valence-electron chi connectivity index (χ1n) is 5.87. The first kappa shape index (κ1) is 15.8. The predicted molar refractivity (Wildman–Crippen MR) is 74.9 cm³/mol. The van der Waals surface area contributed by atoms with Crippen molar-refractivity contribution in [1.29, 1.82) is 0 Å². The first-order valence-corrected chi connectivity index (χ1v) is 6.63. The fourth-order valence-electron chi connectivity index (χ4n) is 1.71. The minimum absolute atomic E-state index is 0.253. The van der Waals surface area contributed by atoms with Gasteiger partial charge in [-0.15, -0.1) is 0 Å². The molecule has 19 heavy (non-hydrogen) atoms. The molecule has 0 bridgehead atoms. The number of nitrogens with one attached hydrogen (secondary N) is 1. The predicted octanol–water partition coefficient (Wildman–Crippen LogP) is 3.37. The van der Waals surface area contributed by atoms with Crippen LogP contribution in [0.3, 0.4) is 0 Å². The van der Waals surface area contributed by atoms with Crippen molar-refractivity contribution in [3.05, 3.63) is 33.8 Å². The van der Waals surface area contributed by atoms with Gasteiger partial charge in [-0.3, -0.25) is 4.79 Å². The smallest absolute Gasteiger partial charge is 0.329 e. The number of carboxylic acid groups (broad SMARTS) is 1. The molecule has 1 rings (SSSR count). The second-order valence-corrected chi connectivity index (χ2v) is 4.99. The van der Waals surface area contributed by atoms with Gasteiger partial charge in [-0.05, 0) is 31.0 Å². The van der Waals surface area contributed by atoms with Crippen LogP contribution < -0.4 is 5.32 Å². The molecule has 0 radical (unpaired) electrons. The van der Waals surface area contributed by atoms with E-state index in [4.69, 9.17) is 23.2 Å². The van der Waals surface area contributed by atoms with E-state index in [1.807, 2.05) is 0 Å². The van der Waals surface area contributed by atoms with Gasteiger partial charge < -0.3 is 10.4 Å². The zero-order valence-electron chi connectivity index (χ0n) is 10.7. The molecule has 0 fully saturated rings. The van der Waals surface area contributed by atoms with E-state index in [9.17, 15) is 14.7 Å². The molecule has 0 saturated heterocycles. The fraction of sp³-hybridized carbons (Fsp3) is 0.385. The maximum Gasteiger partial charge on any atom is 0.329 e. The topological polar surface area (TPSA) is 66.4 Å². The number of hydrogen-bond acceptors (Lipinski definition) is 2. The second-order valence-electron chi connectivity index (χ2n) is 4.18. The lowest BCUT2D eigenvalue weighted by Crippen LogP contribution is -2.53. The highest BCUT2D eigenvalue weighted by Crippen LogP contribution is 2.23. The van der Waals surface area contributed by atoms with Crippen LogP contribution in [0.4, 0.5) is 0 Å². The van der Waals surface area contributed by atoms with Crippen molar-refractivity contribution in [3.8, 4) is 0 Å². The van der Waals surface area contributed by atoms with E-state index in [0.717, 1.165) is 0 Å². The molecule has 104 valence electrons. The summed E-state index contributed by atoms with van der Waals surface area (Å²) in [6.07, 6.45) is 0.595. The van der Waals surface area contributed by atoms with Crippen LogP contribution in [0.25, 0.3) is 0 Å². The summed E-state index contributed by atoms with van der Waals surface area (Å²) >= 11 is 11.6. The number of aliphatic carboxylic acids is 1. The molecule has 0 aliphatic rings. The number of benzene rings is 1. The van der Waals surface area contributed by atoms with Crippen molar-refractivity contribution in [2.24, 2.45) is 0 Å². The van der Waals surface area contributed by atoms with Gasteiger partial charge >= 0.3 is 5.97 Å². The van der Waals surface area contributed by atoms with E-state index in [1.54, 1.807) is 13.8 Å². The highest BCUT2D eigenvalue weighted by molar-refractivity contribution is 6.42. The Hall–Kier alpha value is -1.26. The van der Waals surface area contributed by atoms with Crippen LogP contribution in [0.2, 0.25) is 10.0 Å². The summed E-state index contributed by atoms with van der Waals surface area (Å²) in [4.78, 5) is 23.4. The summed E-state index contributed by atoms with van der Waals surface area (Å²) in [6.45, 7) is 3.43. The van der Waals surface area contributed by atoms with Crippen molar-refractivity contribution in [2.75, 3.05) is 0 Å². The Morgan fingerprint density at radius 2 is 1.79 bits per heavy atom. The molecule has 1 amide bonds. The van der Waals surface area contributed by atoms with Crippen molar-refractivity contribution >= 4 is 35.1 Å². The first-order chi connectivity index (χ1) is 8.86. The second kappa shape index (κ2) is 6.26.